The molecule has 1 aliphatic rings. The van der Waals surface area contributed by atoms with Gasteiger partial charge in [0.05, 0.1) is 0 Å². The molecular weight excluding hydrogens is 300 g/mol. The number of carboxylic acids is 1. The molecule has 0 saturated carbocycles. The molecule has 1 fully saturated rings. The number of carboxylic acid groups (broad SMARTS) is 1. The second-order valence-corrected chi connectivity index (χ2v) is 7.92. The minimum Gasteiger partial charge on any atom is -0.481 e. The van der Waals surface area contributed by atoms with Crippen molar-refractivity contribution in [1.29, 1.82) is 0 Å². The van der Waals surface area contributed by atoms with Crippen LogP contribution < -0.4 is 5.32 Å². The highest BCUT2D eigenvalue weighted by molar-refractivity contribution is 5.66. The van der Waals surface area contributed by atoms with Crippen LogP contribution in [0.4, 0.5) is 0 Å². The van der Waals surface area contributed by atoms with Crippen LogP contribution in [0, 0.1) is 0 Å². The number of likely N-dealkylation sites (tertiary alicyclic amines) is 1. The van der Waals surface area contributed by atoms with E-state index in [2.05, 4.69) is 43.1 Å². The summed E-state index contributed by atoms with van der Waals surface area (Å²) in [5, 5.41) is 12.8. The molecule has 0 radical (unpaired) electrons. The van der Waals surface area contributed by atoms with E-state index in [1.165, 1.54) is 5.56 Å². The number of nitrogens with one attached hydrogen (secondary N) is 1. The summed E-state index contributed by atoms with van der Waals surface area (Å²) in [4.78, 5) is 13.5. The molecule has 1 unspecified atom stereocenters. The molecule has 1 aromatic rings. The Morgan fingerprint density at radius 2 is 1.88 bits per heavy atom. The van der Waals surface area contributed by atoms with Gasteiger partial charge in [-0.2, -0.15) is 0 Å². The second-order valence-electron chi connectivity index (χ2n) is 7.92. The minimum absolute atomic E-state index is 0.228. The largest absolute Gasteiger partial charge is 0.481 e. The zero-order valence-electron chi connectivity index (χ0n) is 15.3. The molecule has 2 rings (SSSR count). The van der Waals surface area contributed by atoms with Gasteiger partial charge in [-0.15, -0.1) is 0 Å². The van der Waals surface area contributed by atoms with Gasteiger partial charge < -0.3 is 10.4 Å². The molecule has 0 amide bonds. The summed E-state index contributed by atoms with van der Waals surface area (Å²) in [6, 6.07) is 11.1. The van der Waals surface area contributed by atoms with Crippen molar-refractivity contribution in [1.82, 2.24) is 10.2 Å². The Bertz CT molecular complexity index is 502. The summed E-state index contributed by atoms with van der Waals surface area (Å²) in [5.41, 5.74) is 1.50. The zero-order chi connectivity index (χ0) is 17.6. The van der Waals surface area contributed by atoms with Crippen molar-refractivity contribution in [3.8, 4) is 0 Å². The van der Waals surface area contributed by atoms with E-state index in [4.69, 9.17) is 5.11 Å². The normalized spacial score (nSPS) is 18.5. The van der Waals surface area contributed by atoms with Crippen molar-refractivity contribution in [2.75, 3.05) is 13.1 Å². The average Bonchev–Trinajstić information content (AvgIpc) is 2.53. The molecule has 1 saturated heterocycles. The lowest BCUT2D eigenvalue weighted by molar-refractivity contribution is -0.137. The minimum atomic E-state index is -0.711. The van der Waals surface area contributed by atoms with E-state index in [1.54, 1.807) is 0 Å². The summed E-state index contributed by atoms with van der Waals surface area (Å²) >= 11 is 0. The van der Waals surface area contributed by atoms with Gasteiger partial charge in [0.15, 0.2) is 0 Å². The first kappa shape index (κ1) is 18.9. The quantitative estimate of drug-likeness (QED) is 0.804. The first-order valence-electron chi connectivity index (χ1n) is 9.11. The highest BCUT2D eigenvalue weighted by Gasteiger charge is 2.28. The standard InChI is InChI=1S/C20H32N2O2/c1-20(2,3)22-13-11-17(12-14-22)21-18(9-10-19(23)24)15-16-7-5-4-6-8-16/h4-8,17-18,21H,9-15H2,1-3H3,(H,23,24). The van der Waals surface area contributed by atoms with Crippen molar-refractivity contribution in [2.45, 2.75) is 70.5 Å². The van der Waals surface area contributed by atoms with Crippen molar-refractivity contribution in [3.05, 3.63) is 35.9 Å². The molecule has 2 N–H and O–H groups in total. The Morgan fingerprint density at radius 1 is 1.25 bits per heavy atom. The SMILES string of the molecule is CC(C)(C)N1CCC(NC(CCC(=O)O)Cc2ccccc2)CC1. The van der Waals surface area contributed by atoms with Crippen LogP contribution in [-0.4, -0.2) is 46.7 Å². The maximum absolute atomic E-state index is 11.0. The van der Waals surface area contributed by atoms with Crippen molar-refractivity contribution in [2.24, 2.45) is 0 Å². The van der Waals surface area contributed by atoms with Crippen LogP contribution in [0.25, 0.3) is 0 Å². The lowest BCUT2D eigenvalue weighted by atomic mass is 9.95. The molecule has 1 aliphatic heterocycles. The van der Waals surface area contributed by atoms with Gasteiger partial charge in [-0.25, -0.2) is 0 Å². The Kier molecular flexibility index (Phi) is 6.81. The third-order valence-electron chi connectivity index (χ3n) is 4.95. The van der Waals surface area contributed by atoms with E-state index in [9.17, 15) is 4.79 Å². The summed E-state index contributed by atoms with van der Waals surface area (Å²) < 4.78 is 0. The monoisotopic (exact) mass is 332 g/mol. The maximum atomic E-state index is 11.0. The number of carbonyl (C=O) groups is 1. The first-order valence-corrected chi connectivity index (χ1v) is 9.11. The van der Waals surface area contributed by atoms with Gasteiger partial charge in [0.25, 0.3) is 0 Å². The fraction of sp³-hybridized carbons (Fsp3) is 0.650. The number of nitrogens with zero attached hydrogens (tertiary/aromatic N) is 1. The summed E-state index contributed by atoms with van der Waals surface area (Å²) in [6.45, 7) is 9.03. The van der Waals surface area contributed by atoms with Crippen LogP contribution in [0.1, 0.15) is 52.0 Å². The van der Waals surface area contributed by atoms with E-state index in [1.807, 2.05) is 18.2 Å². The third kappa shape index (κ3) is 6.25. The Labute approximate surface area is 146 Å². The van der Waals surface area contributed by atoms with Gasteiger partial charge in [0, 0.05) is 37.1 Å². The van der Waals surface area contributed by atoms with Crippen molar-refractivity contribution in [3.63, 3.8) is 0 Å². The lowest BCUT2D eigenvalue weighted by Crippen LogP contribution is -2.51. The number of hydrogen-bond acceptors (Lipinski definition) is 3. The van der Waals surface area contributed by atoms with Gasteiger partial charge in [0.1, 0.15) is 0 Å². The molecule has 1 heterocycles. The molecule has 24 heavy (non-hydrogen) atoms. The molecule has 134 valence electrons. The number of rotatable bonds is 7. The molecule has 1 aromatic carbocycles. The van der Waals surface area contributed by atoms with Crippen molar-refractivity contribution < 1.29 is 9.90 Å². The Balaban J connectivity index is 1.89. The van der Waals surface area contributed by atoms with E-state index in [0.29, 0.717) is 12.5 Å². The molecule has 4 heteroatoms. The molecule has 0 aliphatic carbocycles. The molecule has 0 aromatic heterocycles. The fourth-order valence-corrected chi connectivity index (χ4v) is 3.49. The van der Waals surface area contributed by atoms with Gasteiger partial charge in [0.2, 0.25) is 0 Å². The predicted octanol–water partition coefficient (Wildman–Crippen LogP) is 3.32. The van der Waals surface area contributed by atoms with Crippen LogP contribution in [-0.2, 0) is 11.2 Å². The first-order chi connectivity index (χ1) is 11.3. The maximum Gasteiger partial charge on any atom is 0.303 e. The van der Waals surface area contributed by atoms with Crippen LogP contribution in [0.2, 0.25) is 0 Å². The van der Waals surface area contributed by atoms with Gasteiger partial charge >= 0.3 is 5.97 Å². The third-order valence-corrected chi connectivity index (χ3v) is 4.95. The highest BCUT2D eigenvalue weighted by Crippen LogP contribution is 2.21. The Hall–Kier alpha value is -1.39. The van der Waals surface area contributed by atoms with E-state index in [0.717, 1.165) is 32.4 Å². The predicted molar refractivity (Wildman–Crippen MR) is 98.3 cm³/mol. The van der Waals surface area contributed by atoms with Crippen LogP contribution in [0.5, 0.6) is 0 Å². The van der Waals surface area contributed by atoms with Crippen LogP contribution >= 0.6 is 0 Å². The van der Waals surface area contributed by atoms with Gasteiger partial charge in [-0.1, -0.05) is 30.3 Å². The van der Waals surface area contributed by atoms with E-state index < -0.39 is 5.97 Å². The Morgan fingerprint density at radius 3 is 2.42 bits per heavy atom. The number of aliphatic carboxylic acids is 1. The fourth-order valence-electron chi connectivity index (χ4n) is 3.49. The van der Waals surface area contributed by atoms with E-state index in [-0.39, 0.29) is 18.0 Å². The van der Waals surface area contributed by atoms with Crippen molar-refractivity contribution >= 4 is 5.97 Å². The summed E-state index contributed by atoms with van der Waals surface area (Å²) in [5.74, 6) is -0.711. The number of hydrogen-bond donors (Lipinski definition) is 2. The molecular formula is C20H32N2O2. The average molecular weight is 332 g/mol. The molecule has 4 nitrogen and oxygen atoms in total. The highest BCUT2D eigenvalue weighted by atomic mass is 16.4. The molecule has 0 bridgehead atoms. The molecule has 0 spiro atoms. The topological polar surface area (TPSA) is 52.6 Å². The lowest BCUT2D eigenvalue weighted by Gasteiger charge is -2.42. The van der Waals surface area contributed by atoms with Crippen LogP contribution in [0.3, 0.4) is 0 Å². The van der Waals surface area contributed by atoms with E-state index >= 15 is 0 Å². The summed E-state index contributed by atoms with van der Waals surface area (Å²) in [6.07, 6.45) is 4.08. The number of benzene rings is 1. The smallest absolute Gasteiger partial charge is 0.303 e. The zero-order valence-corrected chi connectivity index (χ0v) is 15.3. The summed E-state index contributed by atoms with van der Waals surface area (Å²) in [7, 11) is 0. The van der Waals surface area contributed by atoms with Gasteiger partial charge in [-0.3, -0.25) is 9.69 Å². The number of piperidine rings is 1. The van der Waals surface area contributed by atoms with Crippen LogP contribution in [0.15, 0.2) is 30.3 Å². The second kappa shape index (κ2) is 8.63. The van der Waals surface area contributed by atoms with Gasteiger partial charge in [-0.05, 0) is 52.0 Å². The molecule has 1 atom stereocenters.